The van der Waals surface area contributed by atoms with Crippen molar-refractivity contribution in [3.8, 4) is 17.0 Å². The first-order valence-corrected chi connectivity index (χ1v) is 7.38. The molecule has 2 rings (SSSR count). The Morgan fingerprint density at radius 3 is 2.82 bits per heavy atom. The molecule has 0 aliphatic heterocycles. The van der Waals surface area contributed by atoms with Crippen molar-refractivity contribution in [2.24, 2.45) is 0 Å². The fourth-order valence-corrected chi connectivity index (χ4v) is 2.99. The molecule has 1 heterocycles. The molecule has 0 unspecified atom stereocenters. The monoisotopic (exact) mass is 331 g/mol. The molecule has 17 heavy (non-hydrogen) atoms. The van der Waals surface area contributed by atoms with Gasteiger partial charge in [-0.2, -0.15) is 0 Å². The molecule has 0 bridgehead atoms. The highest BCUT2D eigenvalue weighted by atomic mass is 79.9. The molecule has 1 aromatic heterocycles. The maximum atomic E-state index is 6.13. The predicted octanol–water partition coefficient (Wildman–Crippen LogP) is 4.68. The van der Waals surface area contributed by atoms with Crippen molar-refractivity contribution in [2.45, 2.75) is 12.3 Å². The van der Waals surface area contributed by atoms with Crippen molar-refractivity contribution in [3.05, 3.63) is 33.1 Å². The summed E-state index contributed by atoms with van der Waals surface area (Å²) in [5.41, 5.74) is 3.13. The number of aromatic nitrogens is 1. The summed E-state index contributed by atoms with van der Waals surface area (Å²) in [7, 11) is 1.62. The second kappa shape index (κ2) is 5.38. The molecule has 0 atom stereocenters. The number of rotatable bonds is 3. The zero-order chi connectivity index (χ0) is 12.4. The number of benzene rings is 1. The molecule has 2 aromatic rings. The Hall–Kier alpha value is -0.580. The summed E-state index contributed by atoms with van der Waals surface area (Å²) in [6, 6.07) is 3.84. The van der Waals surface area contributed by atoms with Gasteiger partial charge in [-0.25, -0.2) is 4.98 Å². The van der Waals surface area contributed by atoms with Gasteiger partial charge in [0.15, 0.2) is 0 Å². The van der Waals surface area contributed by atoms with Gasteiger partial charge in [0.05, 0.1) is 23.2 Å². The van der Waals surface area contributed by atoms with Gasteiger partial charge < -0.3 is 4.74 Å². The summed E-state index contributed by atoms with van der Waals surface area (Å²) >= 11 is 11.2. The normalized spacial score (nSPS) is 10.6. The quantitative estimate of drug-likeness (QED) is 0.762. The minimum atomic E-state index is 0.612. The van der Waals surface area contributed by atoms with Gasteiger partial charge in [-0.15, -0.1) is 11.3 Å². The van der Waals surface area contributed by atoms with E-state index in [2.05, 4.69) is 20.9 Å². The van der Waals surface area contributed by atoms with Crippen LogP contribution in [0.2, 0.25) is 5.02 Å². The molecule has 2 nitrogen and oxygen atoms in total. The Labute approximate surface area is 118 Å². The van der Waals surface area contributed by atoms with E-state index in [0.29, 0.717) is 10.8 Å². The molecule has 0 amide bonds. The van der Waals surface area contributed by atoms with Crippen LogP contribution in [0.1, 0.15) is 10.6 Å². The maximum absolute atomic E-state index is 6.13. The number of halogens is 2. The van der Waals surface area contributed by atoms with Crippen LogP contribution in [0.15, 0.2) is 17.5 Å². The summed E-state index contributed by atoms with van der Waals surface area (Å²) in [6.45, 7) is 2.03. The fourth-order valence-electron chi connectivity index (χ4n) is 1.58. The smallest absolute Gasteiger partial charge is 0.137 e. The van der Waals surface area contributed by atoms with Crippen molar-refractivity contribution in [2.75, 3.05) is 7.11 Å². The third-order valence-electron chi connectivity index (χ3n) is 2.44. The van der Waals surface area contributed by atoms with E-state index in [9.17, 15) is 0 Å². The second-order valence-corrected chi connectivity index (χ2v) is 5.47. The van der Waals surface area contributed by atoms with E-state index in [1.165, 1.54) is 0 Å². The van der Waals surface area contributed by atoms with E-state index in [1.54, 1.807) is 18.4 Å². The molecule has 0 saturated carbocycles. The molecule has 0 fully saturated rings. The van der Waals surface area contributed by atoms with E-state index >= 15 is 0 Å². The first kappa shape index (κ1) is 12.9. The molecular formula is C12H11BrClNOS. The van der Waals surface area contributed by atoms with Crippen LogP contribution in [0.5, 0.6) is 5.75 Å². The molecule has 0 saturated heterocycles. The Balaban J connectivity index is 2.48. The summed E-state index contributed by atoms with van der Waals surface area (Å²) in [5.74, 6) is 0.698. The molecule has 0 spiro atoms. The molecule has 0 aliphatic carbocycles. The van der Waals surface area contributed by atoms with Crippen LogP contribution in [-0.2, 0) is 5.33 Å². The standard InChI is InChI=1S/C12H11BrClNOS/c1-7-3-11(16-2)9(14)4-8(7)10-6-17-12(5-13)15-10/h3-4,6H,5H2,1-2H3. The molecular weight excluding hydrogens is 322 g/mol. The first-order valence-electron chi connectivity index (χ1n) is 5.00. The Morgan fingerprint density at radius 1 is 1.47 bits per heavy atom. The van der Waals surface area contributed by atoms with Crippen molar-refractivity contribution in [1.29, 1.82) is 0 Å². The number of nitrogens with zero attached hydrogens (tertiary/aromatic N) is 1. The van der Waals surface area contributed by atoms with Gasteiger partial charge >= 0.3 is 0 Å². The van der Waals surface area contributed by atoms with Crippen LogP contribution in [0.25, 0.3) is 11.3 Å². The SMILES string of the molecule is COc1cc(C)c(-c2csc(CBr)n2)cc1Cl. The first-order chi connectivity index (χ1) is 8.15. The summed E-state index contributed by atoms with van der Waals surface area (Å²) in [6.07, 6.45) is 0. The van der Waals surface area contributed by atoms with E-state index in [4.69, 9.17) is 16.3 Å². The lowest BCUT2D eigenvalue weighted by molar-refractivity contribution is 0.415. The lowest BCUT2D eigenvalue weighted by atomic mass is 10.1. The molecule has 0 radical (unpaired) electrons. The topological polar surface area (TPSA) is 22.1 Å². The van der Waals surface area contributed by atoms with Gasteiger partial charge in [-0.1, -0.05) is 27.5 Å². The highest BCUT2D eigenvalue weighted by Crippen LogP contribution is 2.34. The highest BCUT2D eigenvalue weighted by molar-refractivity contribution is 9.08. The van der Waals surface area contributed by atoms with Crippen molar-refractivity contribution >= 4 is 38.9 Å². The Morgan fingerprint density at radius 2 is 2.24 bits per heavy atom. The van der Waals surface area contributed by atoms with Crippen molar-refractivity contribution in [3.63, 3.8) is 0 Å². The largest absolute Gasteiger partial charge is 0.495 e. The summed E-state index contributed by atoms with van der Waals surface area (Å²) in [5, 5.41) is 4.50. The number of hydrogen-bond acceptors (Lipinski definition) is 3. The lowest BCUT2D eigenvalue weighted by Crippen LogP contribution is -1.89. The van der Waals surface area contributed by atoms with Crippen LogP contribution in [0.4, 0.5) is 0 Å². The zero-order valence-corrected chi connectivity index (χ0v) is 12.6. The van der Waals surface area contributed by atoms with E-state index in [0.717, 1.165) is 27.2 Å². The predicted molar refractivity (Wildman–Crippen MR) is 76.5 cm³/mol. The van der Waals surface area contributed by atoms with Crippen LogP contribution in [0.3, 0.4) is 0 Å². The van der Waals surface area contributed by atoms with Crippen LogP contribution < -0.4 is 4.74 Å². The van der Waals surface area contributed by atoms with Crippen molar-refractivity contribution < 1.29 is 4.74 Å². The van der Waals surface area contributed by atoms with Gasteiger partial charge in [-0.3, -0.25) is 0 Å². The number of alkyl halides is 1. The van der Waals surface area contributed by atoms with Crippen LogP contribution >= 0.6 is 38.9 Å². The third kappa shape index (κ3) is 2.64. The second-order valence-electron chi connectivity index (χ2n) is 3.56. The number of aryl methyl sites for hydroxylation is 1. The average Bonchev–Trinajstić information content (AvgIpc) is 2.80. The van der Waals surface area contributed by atoms with Crippen molar-refractivity contribution in [1.82, 2.24) is 4.98 Å². The van der Waals surface area contributed by atoms with E-state index in [-0.39, 0.29) is 0 Å². The van der Waals surface area contributed by atoms with Gasteiger partial charge in [0.2, 0.25) is 0 Å². The maximum Gasteiger partial charge on any atom is 0.137 e. The van der Waals surface area contributed by atoms with E-state index in [1.807, 2.05) is 24.4 Å². The van der Waals surface area contributed by atoms with Crippen LogP contribution in [-0.4, -0.2) is 12.1 Å². The number of thiazole rings is 1. The summed E-state index contributed by atoms with van der Waals surface area (Å²) in [4.78, 5) is 4.53. The lowest BCUT2D eigenvalue weighted by Gasteiger charge is -2.08. The molecule has 90 valence electrons. The molecule has 0 N–H and O–H groups in total. The number of hydrogen-bond donors (Lipinski definition) is 0. The van der Waals surface area contributed by atoms with Crippen LogP contribution in [0, 0.1) is 6.92 Å². The Kier molecular flexibility index (Phi) is 4.07. The average molecular weight is 333 g/mol. The van der Waals surface area contributed by atoms with Gasteiger partial charge in [0, 0.05) is 10.9 Å². The molecule has 0 aliphatic rings. The Bertz CT molecular complexity index is 541. The minimum Gasteiger partial charge on any atom is -0.495 e. The number of methoxy groups -OCH3 is 1. The third-order valence-corrected chi connectivity index (χ3v) is 4.49. The van der Waals surface area contributed by atoms with Gasteiger partial charge in [0.25, 0.3) is 0 Å². The van der Waals surface area contributed by atoms with Gasteiger partial charge in [-0.05, 0) is 24.6 Å². The summed E-state index contributed by atoms with van der Waals surface area (Å²) < 4.78 is 5.19. The zero-order valence-electron chi connectivity index (χ0n) is 9.46. The van der Waals surface area contributed by atoms with Gasteiger partial charge in [0.1, 0.15) is 10.8 Å². The molecule has 5 heteroatoms. The van der Waals surface area contributed by atoms with E-state index < -0.39 is 0 Å². The highest BCUT2D eigenvalue weighted by Gasteiger charge is 2.10. The fraction of sp³-hybridized carbons (Fsp3) is 0.250. The minimum absolute atomic E-state index is 0.612. The number of ether oxygens (including phenoxy) is 1. The molecule has 1 aromatic carbocycles.